The third kappa shape index (κ3) is 3.97. The van der Waals surface area contributed by atoms with Gasteiger partial charge in [-0.05, 0) is 38.1 Å². The van der Waals surface area contributed by atoms with E-state index in [9.17, 15) is 9.59 Å². The maximum atomic E-state index is 12.7. The molecule has 0 saturated heterocycles. The quantitative estimate of drug-likeness (QED) is 0.758. The van der Waals surface area contributed by atoms with Crippen molar-refractivity contribution in [3.63, 3.8) is 0 Å². The van der Waals surface area contributed by atoms with Crippen LogP contribution in [0.2, 0.25) is 5.02 Å². The number of allylic oxidation sites excluding steroid dienone is 1. The minimum Gasteiger partial charge on any atom is -0.466 e. The Morgan fingerprint density at radius 1 is 1.43 bits per heavy atom. The number of ether oxygens (including phenoxy) is 3. The molecular weight excluding hydrogens is 384 g/mol. The molecule has 0 radical (unpaired) electrons. The summed E-state index contributed by atoms with van der Waals surface area (Å²) in [5, 5.41) is 3.34. The average molecular weight is 407 g/mol. The number of esters is 1. The number of methoxy groups -OCH3 is 1. The van der Waals surface area contributed by atoms with Gasteiger partial charge in [-0.2, -0.15) is 0 Å². The van der Waals surface area contributed by atoms with Crippen LogP contribution in [0.1, 0.15) is 31.9 Å². The molecule has 1 amide bonds. The first-order valence-corrected chi connectivity index (χ1v) is 9.42. The van der Waals surface area contributed by atoms with Crippen LogP contribution < -0.4 is 5.32 Å². The van der Waals surface area contributed by atoms with E-state index in [1.165, 1.54) is 0 Å². The molecule has 8 heteroatoms. The van der Waals surface area contributed by atoms with Gasteiger partial charge in [0.2, 0.25) is 0 Å². The molecule has 2 heterocycles. The topological polar surface area (TPSA) is 86.2 Å². The van der Waals surface area contributed by atoms with Gasteiger partial charge in [-0.25, -0.2) is 0 Å². The van der Waals surface area contributed by atoms with Crippen LogP contribution in [-0.2, 0) is 23.8 Å². The van der Waals surface area contributed by atoms with E-state index >= 15 is 0 Å². The molecule has 28 heavy (non-hydrogen) atoms. The molecule has 2 aliphatic heterocycles. The van der Waals surface area contributed by atoms with E-state index in [-0.39, 0.29) is 13.0 Å². The molecule has 150 valence electrons. The van der Waals surface area contributed by atoms with Crippen molar-refractivity contribution in [3.8, 4) is 0 Å². The molecule has 0 bridgehead atoms. The van der Waals surface area contributed by atoms with Gasteiger partial charge in [0.25, 0.3) is 5.91 Å². The summed E-state index contributed by atoms with van der Waals surface area (Å²) in [7, 11) is 1.56. The molecule has 7 nitrogen and oxygen atoms in total. The fourth-order valence-electron chi connectivity index (χ4n) is 3.52. The first-order chi connectivity index (χ1) is 13.4. The highest BCUT2D eigenvalue weighted by atomic mass is 35.5. The van der Waals surface area contributed by atoms with Crippen molar-refractivity contribution in [2.75, 3.05) is 19.0 Å². The molecule has 2 unspecified atom stereocenters. The Bertz CT molecular complexity index is 825. The fourth-order valence-corrected chi connectivity index (χ4v) is 3.70. The second-order valence-corrected chi connectivity index (χ2v) is 7.28. The van der Waals surface area contributed by atoms with Crippen LogP contribution in [0.25, 0.3) is 0 Å². The highest BCUT2D eigenvalue weighted by Crippen LogP contribution is 2.48. The van der Waals surface area contributed by atoms with Gasteiger partial charge in [-0.3, -0.25) is 14.6 Å². The van der Waals surface area contributed by atoms with Gasteiger partial charge in [0, 0.05) is 29.6 Å². The Kier molecular flexibility index (Phi) is 6.17. The van der Waals surface area contributed by atoms with Crippen molar-refractivity contribution in [1.29, 1.82) is 0 Å². The summed E-state index contributed by atoms with van der Waals surface area (Å²) in [4.78, 5) is 29.1. The normalized spacial score (nSPS) is 29.0. The Hall–Kier alpha value is -2.22. The molecule has 2 aliphatic rings. The van der Waals surface area contributed by atoms with Crippen molar-refractivity contribution in [3.05, 3.63) is 40.9 Å². The number of carbonyl (C=O) groups excluding carboxylic acids is 2. The van der Waals surface area contributed by atoms with Gasteiger partial charge in [0.05, 0.1) is 24.5 Å². The number of carbonyl (C=O) groups is 2. The third-order valence-corrected chi connectivity index (χ3v) is 5.12. The lowest BCUT2D eigenvalue weighted by Crippen LogP contribution is -2.41. The van der Waals surface area contributed by atoms with Crippen LogP contribution in [0.3, 0.4) is 0 Å². The molecule has 0 aliphatic carbocycles. The average Bonchev–Trinajstić information content (AvgIpc) is 2.79. The highest BCUT2D eigenvalue weighted by Gasteiger charge is 2.47. The van der Waals surface area contributed by atoms with E-state index in [1.807, 2.05) is 19.1 Å². The second kappa shape index (κ2) is 8.43. The van der Waals surface area contributed by atoms with Crippen molar-refractivity contribution in [2.24, 2.45) is 10.4 Å². The molecule has 0 fully saturated rings. The standard InChI is InChI=1S/C20H23ClN2O5/c1-4-27-16(24)11-15-18(25)23-14-7-6-12(21)10-13(14)17(28-15)20(2)8-5-9-22-19(20)26-3/h5-10,15,17,19H,4,11H2,1-3H3,(H,23,25)/t15-,17+,19?,20?/m1/s1. The van der Waals surface area contributed by atoms with Gasteiger partial charge in [0.1, 0.15) is 6.10 Å². The van der Waals surface area contributed by atoms with Gasteiger partial charge in [-0.1, -0.05) is 17.7 Å². The van der Waals surface area contributed by atoms with E-state index < -0.39 is 35.7 Å². The van der Waals surface area contributed by atoms with E-state index in [0.29, 0.717) is 16.3 Å². The zero-order valence-electron chi connectivity index (χ0n) is 16.0. The molecule has 1 N–H and O–H groups in total. The number of nitrogens with zero attached hydrogens (tertiary/aromatic N) is 1. The molecule has 3 rings (SSSR count). The number of aliphatic imine (C=N–C) groups is 1. The predicted molar refractivity (Wildman–Crippen MR) is 105 cm³/mol. The van der Waals surface area contributed by atoms with Crippen molar-refractivity contribution in [2.45, 2.75) is 38.7 Å². The number of benzene rings is 1. The number of halogens is 1. The maximum absolute atomic E-state index is 12.7. The number of hydrogen-bond acceptors (Lipinski definition) is 6. The largest absolute Gasteiger partial charge is 0.466 e. The van der Waals surface area contributed by atoms with Gasteiger partial charge < -0.3 is 19.5 Å². The number of anilines is 1. The summed E-state index contributed by atoms with van der Waals surface area (Å²) in [6.07, 6.45) is 3.00. The summed E-state index contributed by atoms with van der Waals surface area (Å²) in [5.41, 5.74) is 0.533. The fraction of sp³-hybridized carbons (Fsp3) is 0.450. The summed E-state index contributed by atoms with van der Waals surface area (Å²) in [6.45, 7) is 3.87. The first kappa shape index (κ1) is 20.5. The zero-order valence-corrected chi connectivity index (χ0v) is 16.7. The lowest BCUT2D eigenvalue weighted by atomic mass is 9.77. The third-order valence-electron chi connectivity index (χ3n) is 4.89. The molecule has 0 saturated carbocycles. The Morgan fingerprint density at radius 3 is 2.93 bits per heavy atom. The van der Waals surface area contributed by atoms with Crippen LogP contribution in [0.15, 0.2) is 35.3 Å². The van der Waals surface area contributed by atoms with Crippen molar-refractivity contribution < 1.29 is 23.8 Å². The summed E-state index contributed by atoms with van der Waals surface area (Å²) >= 11 is 6.23. The number of rotatable bonds is 5. The summed E-state index contributed by atoms with van der Waals surface area (Å²) in [5.74, 6) is -0.920. The molecule has 4 atom stereocenters. The predicted octanol–water partition coefficient (Wildman–Crippen LogP) is 3.29. The van der Waals surface area contributed by atoms with E-state index in [1.54, 1.807) is 38.4 Å². The van der Waals surface area contributed by atoms with Crippen LogP contribution >= 0.6 is 11.6 Å². The van der Waals surface area contributed by atoms with Gasteiger partial charge in [0.15, 0.2) is 6.23 Å². The Morgan fingerprint density at radius 2 is 2.21 bits per heavy atom. The summed E-state index contributed by atoms with van der Waals surface area (Å²) < 4.78 is 16.8. The number of hydrogen-bond donors (Lipinski definition) is 1. The number of fused-ring (bicyclic) bond motifs is 1. The summed E-state index contributed by atoms with van der Waals surface area (Å²) in [6, 6.07) is 5.16. The number of dihydropyridines is 1. The SMILES string of the molecule is CCOC(=O)C[C@H]1O[C@H](C2(C)C=CC=NC2OC)c2cc(Cl)ccc2NC1=O. The van der Waals surface area contributed by atoms with E-state index in [0.717, 1.165) is 0 Å². The Labute approximate surface area is 168 Å². The molecule has 1 aromatic rings. The monoisotopic (exact) mass is 406 g/mol. The zero-order chi connectivity index (χ0) is 20.3. The molecule has 0 spiro atoms. The molecule has 0 aromatic heterocycles. The minimum atomic E-state index is -1.02. The van der Waals surface area contributed by atoms with Crippen LogP contribution in [-0.4, -0.2) is 44.1 Å². The van der Waals surface area contributed by atoms with E-state index in [2.05, 4.69) is 10.3 Å². The first-order valence-electron chi connectivity index (χ1n) is 9.04. The maximum Gasteiger partial charge on any atom is 0.308 e. The van der Waals surface area contributed by atoms with Crippen molar-refractivity contribution >= 4 is 35.4 Å². The molecule has 1 aromatic carbocycles. The highest BCUT2D eigenvalue weighted by molar-refractivity contribution is 6.30. The van der Waals surface area contributed by atoms with Crippen LogP contribution in [0, 0.1) is 5.41 Å². The van der Waals surface area contributed by atoms with E-state index in [4.69, 9.17) is 25.8 Å². The smallest absolute Gasteiger partial charge is 0.308 e. The van der Waals surface area contributed by atoms with Gasteiger partial charge >= 0.3 is 5.97 Å². The Balaban J connectivity index is 2.05. The van der Waals surface area contributed by atoms with Gasteiger partial charge in [-0.15, -0.1) is 0 Å². The van der Waals surface area contributed by atoms with Crippen LogP contribution in [0.4, 0.5) is 5.69 Å². The minimum absolute atomic E-state index is 0.196. The lowest BCUT2D eigenvalue weighted by Gasteiger charge is -2.40. The van der Waals surface area contributed by atoms with Crippen molar-refractivity contribution in [1.82, 2.24) is 0 Å². The number of amides is 1. The molecular formula is C20H23ClN2O5. The lowest BCUT2D eigenvalue weighted by molar-refractivity contribution is -0.158. The second-order valence-electron chi connectivity index (χ2n) is 6.85. The number of nitrogens with one attached hydrogen (secondary N) is 1. The van der Waals surface area contributed by atoms with Crippen LogP contribution in [0.5, 0.6) is 0 Å².